The van der Waals surface area contributed by atoms with Crippen molar-refractivity contribution < 1.29 is 29.0 Å². The number of amides is 2. The van der Waals surface area contributed by atoms with Gasteiger partial charge in [0.15, 0.2) is 11.6 Å². The summed E-state index contributed by atoms with van der Waals surface area (Å²) in [6.45, 7) is 1.63. The van der Waals surface area contributed by atoms with Gasteiger partial charge in [-0.1, -0.05) is 11.6 Å². The minimum atomic E-state index is -0.537. The van der Waals surface area contributed by atoms with Crippen molar-refractivity contribution in [1.29, 1.82) is 0 Å². The highest BCUT2D eigenvalue weighted by molar-refractivity contribution is 6.23. The topological polar surface area (TPSA) is 101 Å². The van der Waals surface area contributed by atoms with Gasteiger partial charge < -0.3 is 9.84 Å². The van der Waals surface area contributed by atoms with Crippen molar-refractivity contribution in [3.63, 3.8) is 0 Å². The summed E-state index contributed by atoms with van der Waals surface area (Å²) in [5, 5.41) is 9.97. The molecule has 1 N–H and O–H groups in total. The normalized spacial score (nSPS) is 30.1. The van der Waals surface area contributed by atoms with Gasteiger partial charge in [0.25, 0.3) is 0 Å². The molecule has 1 aromatic rings. The Hall–Kier alpha value is -3.74. The monoisotopic (exact) mass is 457 g/mol. The third kappa shape index (κ3) is 2.76. The Bertz CT molecular complexity index is 1340. The summed E-state index contributed by atoms with van der Waals surface area (Å²) in [7, 11) is 1.51. The molecule has 0 unspecified atom stereocenters. The van der Waals surface area contributed by atoms with Gasteiger partial charge in [-0.15, -0.1) is 0 Å². The van der Waals surface area contributed by atoms with E-state index < -0.39 is 17.8 Å². The van der Waals surface area contributed by atoms with Gasteiger partial charge in [0.2, 0.25) is 11.8 Å². The number of hydrogen-bond acceptors (Lipinski definition) is 6. The molecule has 0 aromatic heterocycles. The number of imide groups is 1. The Balaban J connectivity index is 1.50. The molecular formula is C27H23NO6. The molecule has 2 amide bonds. The van der Waals surface area contributed by atoms with Gasteiger partial charge in [-0.2, -0.15) is 0 Å². The lowest BCUT2D eigenvalue weighted by Gasteiger charge is -2.43. The molecule has 6 rings (SSSR count). The number of aromatic hydroxyl groups is 1. The molecule has 1 saturated heterocycles. The quantitative estimate of drug-likeness (QED) is 0.395. The van der Waals surface area contributed by atoms with Crippen molar-refractivity contribution >= 4 is 23.4 Å². The molecule has 0 saturated carbocycles. The lowest BCUT2D eigenvalue weighted by atomic mass is 9.58. The van der Waals surface area contributed by atoms with Crippen LogP contribution in [0.1, 0.15) is 25.3 Å². The van der Waals surface area contributed by atoms with Crippen molar-refractivity contribution in [3.05, 3.63) is 70.0 Å². The summed E-state index contributed by atoms with van der Waals surface area (Å²) in [5.74, 6) is -1.87. The van der Waals surface area contributed by atoms with Crippen molar-refractivity contribution in [1.82, 2.24) is 4.90 Å². The van der Waals surface area contributed by atoms with Crippen LogP contribution in [0.15, 0.2) is 64.5 Å². The maximum atomic E-state index is 13.3. The largest absolute Gasteiger partial charge is 0.508 e. The fraction of sp³-hybridized carbons (Fsp3) is 0.333. The van der Waals surface area contributed by atoms with Crippen LogP contribution in [0.3, 0.4) is 0 Å². The van der Waals surface area contributed by atoms with Crippen LogP contribution in [-0.2, 0) is 25.6 Å². The smallest absolute Gasteiger partial charge is 0.233 e. The zero-order valence-electron chi connectivity index (χ0n) is 18.8. The summed E-state index contributed by atoms with van der Waals surface area (Å²) < 4.78 is 5.86. The number of fused-ring (bicyclic) bond motifs is 4. The molecule has 0 spiro atoms. The zero-order valence-corrected chi connectivity index (χ0v) is 18.8. The highest BCUT2D eigenvalue weighted by Crippen LogP contribution is 2.54. The molecule has 4 atom stereocenters. The number of benzene rings is 1. The Kier molecular flexibility index (Phi) is 4.37. The van der Waals surface area contributed by atoms with Crippen LogP contribution in [0.2, 0.25) is 0 Å². The standard InChI is InChI=1S/C27H23NO6/c1-12-7-20(30)24-19(25(12)31)10-18-16(4-5-17-23(18)27(33)28(2)26(17)32)22(24)14-8-13-9-15(29)3-6-21(13)34-11-14/h3-4,6-7,9,11,17-18,22-23,29H,5,8,10H2,1-2H3/t17-,18+,22-,23-/m0/s1. The molecule has 3 aliphatic carbocycles. The number of phenolic OH excluding ortho intramolecular Hbond substituents is 1. The first kappa shape index (κ1) is 20.8. The fourth-order valence-electron chi connectivity index (χ4n) is 6.35. The van der Waals surface area contributed by atoms with Crippen LogP contribution in [-0.4, -0.2) is 40.4 Å². The number of rotatable bonds is 1. The summed E-state index contributed by atoms with van der Waals surface area (Å²) in [6.07, 6.45) is 6.13. The van der Waals surface area contributed by atoms with E-state index in [1.54, 1.807) is 31.4 Å². The molecule has 5 aliphatic rings. The summed E-state index contributed by atoms with van der Waals surface area (Å²) >= 11 is 0. The third-order valence-corrected chi connectivity index (χ3v) is 7.93. The van der Waals surface area contributed by atoms with Crippen molar-refractivity contribution in [3.8, 4) is 11.5 Å². The zero-order chi connectivity index (χ0) is 23.9. The van der Waals surface area contributed by atoms with Gasteiger partial charge in [0.1, 0.15) is 11.5 Å². The number of carbonyl (C=O) groups is 4. The maximum absolute atomic E-state index is 13.3. The van der Waals surface area contributed by atoms with E-state index in [9.17, 15) is 24.3 Å². The number of ether oxygens (including phenoxy) is 1. The second kappa shape index (κ2) is 7.13. The minimum Gasteiger partial charge on any atom is -0.508 e. The van der Waals surface area contributed by atoms with Gasteiger partial charge >= 0.3 is 0 Å². The van der Waals surface area contributed by atoms with E-state index in [0.29, 0.717) is 35.3 Å². The van der Waals surface area contributed by atoms with Gasteiger partial charge in [-0.25, -0.2) is 0 Å². The minimum absolute atomic E-state index is 0.116. The molecule has 7 heteroatoms. The van der Waals surface area contributed by atoms with E-state index in [1.807, 2.05) is 6.08 Å². The number of likely N-dealkylation sites (tertiary alicyclic amines) is 1. The van der Waals surface area contributed by atoms with E-state index in [0.717, 1.165) is 16.7 Å². The summed E-state index contributed by atoms with van der Waals surface area (Å²) in [4.78, 5) is 53.5. The molecule has 0 bridgehead atoms. The van der Waals surface area contributed by atoms with Crippen molar-refractivity contribution in [2.45, 2.75) is 26.2 Å². The van der Waals surface area contributed by atoms with Crippen LogP contribution in [0, 0.1) is 23.7 Å². The first-order valence-electron chi connectivity index (χ1n) is 11.5. The highest BCUT2D eigenvalue weighted by Gasteiger charge is 2.55. The number of hydrogen-bond donors (Lipinski definition) is 1. The van der Waals surface area contributed by atoms with Crippen molar-refractivity contribution in [2.75, 3.05) is 7.05 Å². The van der Waals surface area contributed by atoms with E-state index >= 15 is 0 Å². The molecule has 172 valence electrons. The second-order valence-corrected chi connectivity index (χ2v) is 9.74. The molecule has 0 radical (unpaired) electrons. The maximum Gasteiger partial charge on any atom is 0.233 e. The Morgan fingerprint density at radius 2 is 1.88 bits per heavy atom. The second-order valence-electron chi connectivity index (χ2n) is 9.74. The molecule has 2 aliphatic heterocycles. The number of Topliss-reactive ketones (excluding diaryl/α,β-unsaturated/α-hetero) is 1. The summed E-state index contributed by atoms with van der Waals surface area (Å²) in [5.41, 5.74) is 3.75. The number of allylic oxidation sites excluding steroid dienone is 7. The number of ketones is 2. The first-order valence-corrected chi connectivity index (χ1v) is 11.5. The number of phenols is 1. The predicted octanol–water partition coefficient (Wildman–Crippen LogP) is 2.80. The van der Waals surface area contributed by atoms with Gasteiger partial charge in [0.05, 0.1) is 18.1 Å². The van der Waals surface area contributed by atoms with E-state index in [2.05, 4.69) is 0 Å². The molecule has 34 heavy (non-hydrogen) atoms. The predicted molar refractivity (Wildman–Crippen MR) is 120 cm³/mol. The van der Waals surface area contributed by atoms with E-state index in [-0.39, 0.29) is 41.5 Å². The van der Waals surface area contributed by atoms with Gasteiger partial charge in [-0.05, 0) is 55.5 Å². The van der Waals surface area contributed by atoms with Gasteiger partial charge in [0, 0.05) is 41.7 Å². The third-order valence-electron chi connectivity index (χ3n) is 7.93. The number of nitrogens with zero attached hydrogens (tertiary/aromatic N) is 1. The molecule has 2 heterocycles. The molecular weight excluding hydrogens is 434 g/mol. The van der Waals surface area contributed by atoms with Gasteiger partial charge in [-0.3, -0.25) is 24.1 Å². The van der Waals surface area contributed by atoms with E-state index in [4.69, 9.17) is 4.74 Å². The average Bonchev–Trinajstić information content (AvgIpc) is 3.04. The first-order chi connectivity index (χ1) is 16.3. The lowest BCUT2D eigenvalue weighted by molar-refractivity contribution is -0.138. The lowest BCUT2D eigenvalue weighted by Crippen LogP contribution is -2.41. The SMILES string of the molecule is CC1=CC(=O)C2=C(C[C@@H]3C(=CC[C@@H]4C(=O)N(C)C(=O)[C@@H]43)[C@@H]2C2=COc3ccc(O)cc3C2)C1=O. The van der Waals surface area contributed by atoms with Crippen LogP contribution in [0.25, 0.3) is 0 Å². The Morgan fingerprint density at radius 3 is 2.68 bits per heavy atom. The molecule has 1 fully saturated rings. The fourth-order valence-corrected chi connectivity index (χ4v) is 6.35. The average molecular weight is 457 g/mol. The molecule has 1 aromatic carbocycles. The Morgan fingerprint density at radius 1 is 1.09 bits per heavy atom. The Labute approximate surface area is 196 Å². The van der Waals surface area contributed by atoms with Crippen LogP contribution in [0.5, 0.6) is 11.5 Å². The number of carbonyl (C=O) groups excluding carboxylic acids is 4. The van der Waals surface area contributed by atoms with Crippen molar-refractivity contribution in [2.24, 2.45) is 23.7 Å². The highest BCUT2D eigenvalue weighted by atomic mass is 16.5. The van der Waals surface area contributed by atoms with Crippen LogP contribution >= 0.6 is 0 Å². The molecule has 7 nitrogen and oxygen atoms in total. The summed E-state index contributed by atoms with van der Waals surface area (Å²) in [6, 6.07) is 4.88. The van der Waals surface area contributed by atoms with Crippen LogP contribution in [0.4, 0.5) is 0 Å². The van der Waals surface area contributed by atoms with E-state index in [1.165, 1.54) is 18.0 Å². The van der Waals surface area contributed by atoms with Crippen LogP contribution < -0.4 is 4.74 Å².